The van der Waals surface area contributed by atoms with Gasteiger partial charge in [-0.2, -0.15) is 0 Å². The van der Waals surface area contributed by atoms with Crippen LogP contribution in [0.2, 0.25) is 0 Å². The first-order chi connectivity index (χ1) is 9.45. The maximum atomic E-state index is 11.8. The smallest absolute Gasteiger partial charge is 0.358 e. The molecule has 0 aromatic carbocycles. The quantitative estimate of drug-likeness (QED) is 0.696. The number of aromatic nitrogens is 3. The number of hydrogen-bond acceptors (Lipinski definition) is 4. The molecule has 0 saturated carbocycles. The Balaban J connectivity index is 2.78. The number of nitrogens with one attached hydrogen (secondary N) is 1. The molecule has 1 heterocycles. The van der Waals surface area contributed by atoms with Gasteiger partial charge in [0.1, 0.15) is 6.54 Å². The molecule has 7 heteroatoms. The molecule has 2 N–H and O–H groups in total. The molecule has 0 aliphatic carbocycles. The van der Waals surface area contributed by atoms with Crippen LogP contribution in [0.15, 0.2) is 0 Å². The van der Waals surface area contributed by atoms with E-state index in [1.54, 1.807) is 0 Å². The molecule has 0 radical (unpaired) electrons. The van der Waals surface area contributed by atoms with Crippen LogP contribution < -0.4 is 5.32 Å². The average molecular weight is 282 g/mol. The van der Waals surface area contributed by atoms with E-state index in [1.165, 1.54) is 4.68 Å². The average Bonchev–Trinajstić information content (AvgIpc) is 2.72. The van der Waals surface area contributed by atoms with Gasteiger partial charge in [-0.25, -0.2) is 9.48 Å². The molecule has 1 amide bonds. The Hall–Kier alpha value is -1.92. The van der Waals surface area contributed by atoms with Crippen molar-refractivity contribution in [1.82, 2.24) is 20.3 Å². The second-order valence-corrected chi connectivity index (χ2v) is 5.15. The van der Waals surface area contributed by atoms with E-state index in [1.807, 2.05) is 20.8 Å². The number of carbonyl (C=O) groups excluding carboxylic acids is 1. The summed E-state index contributed by atoms with van der Waals surface area (Å²) in [5, 5.41) is 19.3. The minimum absolute atomic E-state index is 0.00600. The third kappa shape index (κ3) is 4.64. The molecule has 0 saturated heterocycles. The molecular weight excluding hydrogens is 260 g/mol. The fourth-order valence-corrected chi connectivity index (χ4v) is 1.81. The number of rotatable bonds is 8. The number of carboxylic acid groups (broad SMARTS) is 1. The number of unbranched alkanes of at least 4 members (excludes halogenated alkanes) is 1. The lowest BCUT2D eigenvalue weighted by Gasteiger charge is -2.09. The molecule has 0 atom stereocenters. The molecule has 7 nitrogen and oxygen atoms in total. The molecule has 0 fully saturated rings. The summed E-state index contributed by atoms with van der Waals surface area (Å²) in [5.41, 5.74) is 0.429. The normalized spacial score (nSPS) is 10.8. The summed E-state index contributed by atoms with van der Waals surface area (Å²) in [6, 6.07) is 0. The van der Waals surface area contributed by atoms with Crippen LogP contribution in [0.5, 0.6) is 0 Å². The van der Waals surface area contributed by atoms with Crippen LogP contribution in [0.4, 0.5) is 0 Å². The summed E-state index contributed by atoms with van der Waals surface area (Å²) in [4.78, 5) is 22.9. The van der Waals surface area contributed by atoms with Gasteiger partial charge in [0.05, 0.1) is 5.69 Å². The third-order valence-corrected chi connectivity index (χ3v) is 2.79. The first-order valence-electron chi connectivity index (χ1n) is 6.88. The predicted molar refractivity (Wildman–Crippen MR) is 73.4 cm³/mol. The SMILES string of the molecule is CCCCNC(=O)Cn1nnc(C(=O)O)c1CC(C)C. The van der Waals surface area contributed by atoms with Crippen LogP contribution >= 0.6 is 0 Å². The van der Waals surface area contributed by atoms with Crippen molar-refractivity contribution in [1.29, 1.82) is 0 Å². The number of nitrogens with zero attached hydrogens (tertiary/aromatic N) is 3. The first kappa shape index (κ1) is 16.1. The van der Waals surface area contributed by atoms with E-state index in [-0.39, 0.29) is 24.1 Å². The lowest BCUT2D eigenvalue weighted by molar-refractivity contribution is -0.121. The van der Waals surface area contributed by atoms with Crippen molar-refractivity contribution in [2.75, 3.05) is 6.54 Å². The monoisotopic (exact) mass is 282 g/mol. The molecule has 0 bridgehead atoms. The van der Waals surface area contributed by atoms with Gasteiger partial charge in [-0.05, 0) is 18.8 Å². The van der Waals surface area contributed by atoms with Gasteiger partial charge < -0.3 is 10.4 Å². The molecule has 20 heavy (non-hydrogen) atoms. The van der Waals surface area contributed by atoms with Crippen molar-refractivity contribution in [2.45, 2.75) is 46.6 Å². The van der Waals surface area contributed by atoms with Crippen LogP contribution in [-0.4, -0.2) is 38.5 Å². The van der Waals surface area contributed by atoms with E-state index in [0.717, 1.165) is 12.8 Å². The zero-order valence-electron chi connectivity index (χ0n) is 12.2. The number of hydrogen-bond donors (Lipinski definition) is 2. The molecule has 1 aromatic heterocycles. The molecule has 0 unspecified atom stereocenters. The Morgan fingerprint density at radius 2 is 2.10 bits per heavy atom. The minimum atomic E-state index is -1.11. The van der Waals surface area contributed by atoms with Gasteiger partial charge in [0.2, 0.25) is 5.91 Å². The topological polar surface area (TPSA) is 97.1 Å². The molecular formula is C13H22N4O3. The molecule has 0 aliphatic rings. The van der Waals surface area contributed by atoms with Crippen LogP contribution in [0.1, 0.15) is 49.8 Å². The van der Waals surface area contributed by atoms with Crippen molar-refractivity contribution in [3.05, 3.63) is 11.4 Å². The molecule has 1 aromatic rings. The Bertz CT molecular complexity index is 468. The second-order valence-electron chi connectivity index (χ2n) is 5.15. The number of carboxylic acids is 1. The van der Waals surface area contributed by atoms with Gasteiger partial charge in [0.15, 0.2) is 5.69 Å². The lowest BCUT2D eigenvalue weighted by atomic mass is 10.1. The van der Waals surface area contributed by atoms with Crippen molar-refractivity contribution < 1.29 is 14.7 Å². The highest BCUT2D eigenvalue weighted by molar-refractivity contribution is 5.86. The zero-order valence-corrected chi connectivity index (χ0v) is 12.2. The molecule has 112 valence electrons. The van der Waals surface area contributed by atoms with Crippen LogP contribution in [-0.2, 0) is 17.8 Å². The minimum Gasteiger partial charge on any atom is -0.476 e. The van der Waals surface area contributed by atoms with Gasteiger partial charge in [-0.15, -0.1) is 5.10 Å². The highest BCUT2D eigenvalue weighted by Gasteiger charge is 2.20. The molecule has 0 aliphatic heterocycles. The first-order valence-corrected chi connectivity index (χ1v) is 6.88. The Morgan fingerprint density at radius 1 is 1.40 bits per heavy atom. The summed E-state index contributed by atoms with van der Waals surface area (Å²) >= 11 is 0. The number of aromatic carboxylic acids is 1. The highest BCUT2D eigenvalue weighted by Crippen LogP contribution is 2.12. The van der Waals surface area contributed by atoms with E-state index < -0.39 is 5.97 Å². The van der Waals surface area contributed by atoms with Crippen molar-refractivity contribution in [2.24, 2.45) is 5.92 Å². The number of carbonyl (C=O) groups is 2. The Labute approximate surface area is 118 Å². The Kier molecular flexibility index (Phi) is 6.14. The van der Waals surface area contributed by atoms with E-state index in [9.17, 15) is 9.59 Å². The van der Waals surface area contributed by atoms with Gasteiger partial charge >= 0.3 is 5.97 Å². The lowest BCUT2D eigenvalue weighted by Crippen LogP contribution is -2.29. The summed E-state index contributed by atoms with van der Waals surface area (Å²) < 4.78 is 1.38. The second kappa shape index (κ2) is 7.62. The summed E-state index contributed by atoms with van der Waals surface area (Å²) in [6.07, 6.45) is 2.45. The van der Waals surface area contributed by atoms with E-state index >= 15 is 0 Å². The van der Waals surface area contributed by atoms with Gasteiger partial charge in [-0.3, -0.25) is 4.79 Å². The fourth-order valence-electron chi connectivity index (χ4n) is 1.81. The largest absolute Gasteiger partial charge is 0.476 e. The fraction of sp³-hybridized carbons (Fsp3) is 0.692. The van der Waals surface area contributed by atoms with Crippen LogP contribution in [0.25, 0.3) is 0 Å². The summed E-state index contributed by atoms with van der Waals surface area (Å²) in [6.45, 7) is 6.62. The standard InChI is InChI=1S/C13H22N4O3/c1-4-5-6-14-11(18)8-17-10(7-9(2)3)12(13(19)20)15-16-17/h9H,4-8H2,1-3H3,(H,14,18)(H,19,20). The number of amides is 1. The van der Waals surface area contributed by atoms with Crippen molar-refractivity contribution >= 4 is 11.9 Å². The third-order valence-electron chi connectivity index (χ3n) is 2.79. The van der Waals surface area contributed by atoms with E-state index in [2.05, 4.69) is 15.6 Å². The Morgan fingerprint density at radius 3 is 2.65 bits per heavy atom. The molecule has 0 spiro atoms. The zero-order chi connectivity index (χ0) is 15.1. The van der Waals surface area contributed by atoms with E-state index in [4.69, 9.17) is 5.11 Å². The van der Waals surface area contributed by atoms with Crippen molar-refractivity contribution in [3.63, 3.8) is 0 Å². The highest BCUT2D eigenvalue weighted by atomic mass is 16.4. The van der Waals surface area contributed by atoms with Gasteiger partial charge in [0.25, 0.3) is 0 Å². The predicted octanol–water partition coefficient (Wildman–Crippen LogP) is 1.09. The maximum Gasteiger partial charge on any atom is 0.358 e. The van der Waals surface area contributed by atoms with Crippen LogP contribution in [0, 0.1) is 5.92 Å². The summed E-state index contributed by atoms with van der Waals surface area (Å²) in [5.74, 6) is -1.03. The molecule has 1 rings (SSSR count). The summed E-state index contributed by atoms with van der Waals surface area (Å²) in [7, 11) is 0. The van der Waals surface area contributed by atoms with E-state index in [0.29, 0.717) is 18.7 Å². The van der Waals surface area contributed by atoms with Gasteiger partial charge in [0, 0.05) is 6.54 Å². The maximum absolute atomic E-state index is 11.8. The van der Waals surface area contributed by atoms with Crippen molar-refractivity contribution in [3.8, 4) is 0 Å². The van der Waals surface area contributed by atoms with Gasteiger partial charge in [-0.1, -0.05) is 32.4 Å². The van der Waals surface area contributed by atoms with Crippen LogP contribution in [0.3, 0.4) is 0 Å².